The molecule has 1 unspecified atom stereocenters. The van der Waals surface area contributed by atoms with Gasteiger partial charge in [0.2, 0.25) is 0 Å². The highest BCUT2D eigenvalue weighted by Crippen LogP contribution is 2.20. The molecule has 1 aromatic rings. The summed E-state index contributed by atoms with van der Waals surface area (Å²) < 4.78 is 0. The summed E-state index contributed by atoms with van der Waals surface area (Å²) in [7, 11) is 0. The molecule has 1 aromatic heterocycles. The zero-order valence-corrected chi connectivity index (χ0v) is 9.32. The molecule has 0 radical (unpaired) electrons. The molecule has 1 nitrogen and oxygen atoms in total. The van der Waals surface area contributed by atoms with Gasteiger partial charge in [-0.15, -0.1) is 11.3 Å². The van der Waals surface area contributed by atoms with E-state index < -0.39 is 0 Å². The number of nitrogens with one attached hydrogen (secondary N) is 1. The van der Waals surface area contributed by atoms with Gasteiger partial charge in [-0.3, -0.25) is 0 Å². The Morgan fingerprint density at radius 1 is 1.62 bits per heavy atom. The lowest BCUT2D eigenvalue weighted by molar-refractivity contribution is 0.654. The first-order chi connectivity index (χ1) is 6.24. The molecule has 0 fully saturated rings. The van der Waals surface area contributed by atoms with Gasteiger partial charge in [-0.05, 0) is 31.8 Å². The zero-order chi connectivity index (χ0) is 9.68. The molecule has 1 rings (SSSR count). The number of thiophene rings is 1. The minimum atomic E-state index is 0.398. The summed E-state index contributed by atoms with van der Waals surface area (Å²) in [6.07, 6.45) is 2.27. The maximum atomic E-state index is 3.45. The van der Waals surface area contributed by atoms with Crippen LogP contribution in [0.15, 0.2) is 29.2 Å². The van der Waals surface area contributed by atoms with E-state index in [1.54, 1.807) is 11.3 Å². The molecule has 0 bridgehead atoms. The number of hydrogen-bond acceptors (Lipinski definition) is 2. The van der Waals surface area contributed by atoms with Crippen LogP contribution < -0.4 is 5.32 Å². The Morgan fingerprint density at radius 3 is 2.85 bits per heavy atom. The minimum absolute atomic E-state index is 0.398. The quantitative estimate of drug-likeness (QED) is 0.726. The van der Waals surface area contributed by atoms with Crippen LogP contribution in [0, 0.1) is 0 Å². The van der Waals surface area contributed by atoms with E-state index in [4.69, 9.17) is 0 Å². The molecule has 72 valence electrons. The summed E-state index contributed by atoms with van der Waals surface area (Å²) in [5.41, 5.74) is 1.36. The van der Waals surface area contributed by atoms with Crippen molar-refractivity contribution < 1.29 is 0 Å². The zero-order valence-electron chi connectivity index (χ0n) is 8.50. The van der Waals surface area contributed by atoms with E-state index in [0.717, 1.165) is 6.54 Å². The average molecular weight is 195 g/mol. The molecule has 0 aliphatic rings. The van der Waals surface area contributed by atoms with Crippen LogP contribution in [0.5, 0.6) is 0 Å². The van der Waals surface area contributed by atoms with Crippen LogP contribution in [0.1, 0.15) is 31.7 Å². The van der Waals surface area contributed by atoms with Gasteiger partial charge < -0.3 is 5.32 Å². The number of likely N-dealkylation sites (N-methyl/N-ethyl adjacent to an activating group) is 1. The van der Waals surface area contributed by atoms with Crippen LogP contribution in [-0.2, 0) is 0 Å². The standard InChI is InChI=1S/C11H17NS/c1-4-12-10(8-9(2)3)11-6-5-7-13-11/h5-8,10,12H,4H2,1-3H3. The average Bonchev–Trinajstić information content (AvgIpc) is 2.54. The van der Waals surface area contributed by atoms with Crippen molar-refractivity contribution in [2.45, 2.75) is 26.8 Å². The Hall–Kier alpha value is -0.600. The molecule has 0 saturated heterocycles. The highest BCUT2D eigenvalue weighted by molar-refractivity contribution is 7.10. The van der Waals surface area contributed by atoms with Gasteiger partial charge in [0, 0.05) is 4.88 Å². The fourth-order valence-electron chi connectivity index (χ4n) is 1.26. The molecule has 1 atom stereocenters. The van der Waals surface area contributed by atoms with Crippen molar-refractivity contribution in [1.29, 1.82) is 0 Å². The molecule has 0 aromatic carbocycles. The van der Waals surface area contributed by atoms with Gasteiger partial charge >= 0.3 is 0 Å². The highest BCUT2D eigenvalue weighted by atomic mass is 32.1. The summed E-state index contributed by atoms with van der Waals surface area (Å²) in [6, 6.07) is 4.68. The van der Waals surface area contributed by atoms with Crippen molar-refractivity contribution >= 4 is 11.3 Å². The third kappa shape index (κ3) is 3.33. The second kappa shape index (κ2) is 5.20. The van der Waals surface area contributed by atoms with E-state index in [9.17, 15) is 0 Å². The fourth-order valence-corrected chi connectivity index (χ4v) is 2.03. The molecule has 13 heavy (non-hydrogen) atoms. The fraction of sp³-hybridized carbons (Fsp3) is 0.455. The van der Waals surface area contributed by atoms with Gasteiger partial charge in [-0.25, -0.2) is 0 Å². The van der Waals surface area contributed by atoms with Crippen LogP contribution >= 0.6 is 11.3 Å². The van der Waals surface area contributed by atoms with E-state index >= 15 is 0 Å². The molecule has 0 aliphatic carbocycles. The van der Waals surface area contributed by atoms with Crippen LogP contribution in [0.4, 0.5) is 0 Å². The van der Waals surface area contributed by atoms with Crippen molar-refractivity contribution in [3.05, 3.63) is 34.0 Å². The van der Waals surface area contributed by atoms with Gasteiger partial charge in [0.1, 0.15) is 0 Å². The Bertz CT molecular complexity index is 258. The first-order valence-electron chi connectivity index (χ1n) is 4.66. The molecular formula is C11H17NS. The second-order valence-electron chi connectivity index (χ2n) is 3.29. The van der Waals surface area contributed by atoms with Crippen molar-refractivity contribution in [2.24, 2.45) is 0 Å². The van der Waals surface area contributed by atoms with E-state index in [1.165, 1.54) is 10.5 Å². The molecule has 0 amide bonds. The van der Waals surface area contributed by atoms with Gasteiger partial charge in [0.05, 0.1) is 6.04 Å². The van der Waals surface area contributed by atoms with Crippen LogP contribution in [0.3, 0.4) is 0 Å². The molecule has 0 aliphatic heterocycles. The molecule has 2 heteroatoms. The number of hydrogen-bond donors (Lipinski definition) is 1. The molecule has 0 spiro atoms. The highest BCUT2D eigenvalue weighted by Gasteiger charge is 2.06. The summed E-state index contributed by atoms with van der Waals surface area (Å²) in [6.45, 7) is 7.42. The lowest BCUT2D eigenvalue weighted by Gasteiger charge is -2.12. The van der Waals surface area contributed by atoms with Crippen LogP contribution in [-0.4, -0.2) is 6.54 Å². The predicted octanol–water partition coefficient (Wildman–Crippen LogP) is 3.36. The maximum Gasteiger partial charge on any atom is 0.0603 e. The topological polar surface area (TPSA) is 12.0 Å². The van der Waals surface area contributed by atoms with Gasteiger partial charge in [-0.2, -0.15) is 0 Å². The second-order valence-corrected chi connectivity index (χ2v) is 4.27. The Morgan fingerprint density at radius 2 is 2.38 bits per heavy atom. The maximum absolute atomic E-state index is 3.45. The number of rotatable bonds is 4. The van der Waals surface area contributed by atoms with Crippen molar-refractivity contribution in [3.8, 4) is 0 Å². The van der Waals surface area contributed by atoms with E-state index in [0.29, 0.717) is 6.04 Å². The van der Waals surface area contributed by atoms with Gasteiger partial charge in [0.25, 0.3) is 0 Å². The van der Waals surface area contributed by atoms with Crippen LogP contribution in [0.2, 0.25) is 0 Å². The molecule has 0 saturated carbocycles. The first-order valence-corrected chi connectivity index (χ1v) is 5.53. The normalized spacial score (nSPS) is 12.5. The smallest absolute Gasteiger partial charge is 0.0603 e. The van der Waals surface area contributed by atoms with Gasteiger partial charge in [-0.1, -0.05) is 24.6 Å². The lowest BCUT2D eigenvalue weighted by Crippen LogP contribution is -2.18. The molecular weight excluding hydrogens is 178 g/mol. The molecule has 1 N–H and O–H groups in total. The Kier molecular flexibility index (Phi) is 4.19. The minimum Gasteiger partial charge on any atom is -0.306 e. The van der Waals surface area contributed by atoms with Gasteiger partial charge in [0.15, 0.2) is 0 Å². The third-order valence-electron chi connectivity index (χ3n) is 1.77. The first kappa shape index (κ1) is 10.5. The predicted molar refractivity (Wildman–Crippen MR) is 60.2 cm³/mol. The monoisotopic (exact) mass is 195 g/mol. The van der Waals surface area contributed by atoms with Crippen molar-refractivity contribution in [3.63, 3.8) is 0 Å². The number of allylic oxidation sites excluding steroid dienone is 1. The van der Waals surface area contributed by atoms with Crippen molar-refractivity contribution in [2.75, 3.05) is 6.54 Å². The van der Waals surface area contributed by atoms with E-state index in [2.05, 4.69) is 49.7 Å². The van der Waals surface area contributed by atoms with Crippen LogP contribution in [0.25, 0.3) is 0 Å². The lowest BCUT2D eigenvalue weighted by atomic mass is 10.1. The Balaban J connectivity index is 2.74. The Labute approximate surface area is 84.5 Å². The van der Waals surface area contributed by atoms with Crippen molar-refractivity contribution in [1.82, 2.24) is 5.32 Å². The summed E-state index contributed by atoms with van der Waals surface area (Å²) in [5.74, 6) is 0. The van der Waals surface area contributed by atoms with E-state index in [-0.39, 0.29) is 0 Å². The largest absolute Gasteiger partial charge is 0.306 e. The van der Waals surface area contributed by atoms with E-state index in [1.807, 2.05) is 0 Å². The summed E-state index contributed by atoms with van der Waals surface area (Å²) >= 11 is 1.81. The summed E-state index contributed by atoms with van der Waals surface area (Å²) in [5, 5.41) is 5.57. The third-order valence-corrected chi connectivity index (χ3v) is 2.73. The molecule has 1 heterocycles. The summed E-state index contributed by atoms with van der Waals surface area (Å²) in [4.78, 5) is 1.39. The SMILES string of the molecule is CCNC(C=C(C)C)c1cccs1.